The van der Waals surface area contributed by atoms with Crippen molar-refractivity contribution in [2.75, 3.05) is 29.9 Å². The quantitative estimate of drug-likeness (QED) is 0.667. The first-order valence-electron chi connectivity index (χ1n) is 11.0. The Morgan fingerprint density at radius 2 is 2.13 bits per heavy atom. The summed E-state index contributed by atoms with van der Waals surface area (Å²) in [6, 6.07) is 3.63. The van der Waals surface area contributed by atoms with Crippen molar-refractivity contribution in [1.29, 1.82) is 0 Å². The number of nitrogens with one attached hydrogen (secondary N) is 1. The van der Waals surface area contributed by atoms with Crippen LogP contribution in [0.2, 0.25) is 0 Å². The Morgan fingerprint density at radius 3 is 2.94 bits per heavy atom. The van der Waals surface area contributed by atoms with Crippen LogP contribution in [0.15, 0.2) is 36.7 Å². The lowest BCUT2D eigenvalue weighted by Crippen LogP contribution is -2.33. The normalized spacial score (nSPS) is 23.8. The number of hydrogen-bond donors (Lipinski definition) is 2. The maximum Gasteiger partial charge on any atom is 0.322 e. The zero-order chi connectivity index (χ0) is 23.3. The first-order chi connectivity index (χ1) is 15.7. The number of urea groups is 1. The van der Waals surface area contributed by atoms with Crippen molar-refractivity contribution in [2.45, 2.75) is 31.4 Å². The largest absolute Gasteiger partial charge is 0.391 e. The average Bonchev–Trinajstić information content (AvgIpc) is 3.46. The molecule has 10 heteroatoms. The molecular formula is C21H22F2N6O2. The van der Waals surface area contributed by atoms with Crippen LogP contribution in [0, 0.1) is 11.6 Å². The van der Waals surface area contributed by atoms with Gasteiger partial charge in [-0.1, -0.05) is 0 Å². The number of aliphatic hydroxyl groups is 1. The summed E-state index contributed by atoms with van der Waals surface area (Å²) in [7, 11) is 0. The van der Waals surface area contributed by atoms with Crippen molar-refractivity contribution >= 4 is 23.2 Å². The third-order valence-electron chi connectivity index (χ3n) is 5.65. The number of fused-ring (bicyclic) bond motifs is 1. The van der Waals surface area contributed by atoms with Crippen LogP contribution in [-0.4, -0.2) is 56.4 Å². The molecule has 0 aliphatic carbocycles. The zero-order valence-corrected chi connectivity index (χ0v) is 16.5. The first kappa shape index (κ1) is 17.4. The third-order valence-corrected chi connectivity index (χ3v) is 5.65. The smallest absolute Gasteiger partial charge is 0.322 e. The second-order valence-electron chi connectivity index (χ2n) is 7.69. The average molecular weight is 430 g/mol. The number of nitrogens with zero attached hydrogens (tertiary/aromatic N) is 5. The van der Waals surface area contributed by atoms with Crippen molar-refractivity contribution < 1.29 is 21.4 Å². The highest BCUT2D eigenvalue weighted by Gasteiger charge is 2.30. The number of carbonyl (C=O) groups excluding carboxylic acids is 1. The number of benzene rings is 1. The van der Waals surface area contributed by atoms with E-state index in [1.807, 2.05) is 0 Å². The third kappa shape index (κ3) is 3.67. The van der Waals surface area contributed by atoms with Gasteiger partial charge in [-0.25, -0.2) is 23.1 Å². The number of anilines is 2. The van der Waals surface area contributed by atoms with Crippen molar-refractivity contribution in [2.24, 2.45) is 0 Å². The minimum absolute atomic E-state index is 0.0274. The SMILES string of the molecule is [2H]C1([2H])C[C@H](c2cc(F)ccc2F)N(c2ccn3ncc(NC(=O)N4CC[C@H](O)C4)c3n2)C1. The summed E-state index contributed by atoms with van der Waals surface area (Å²) in [5.74, 6) is -0.865. The first-order valence-corrected chi connectivity index (χ1v) is 10.0. The lowest BCUT2D eigenvalue weighted by Gasteiger charge is -2.26. The van der Waals surface area contributed by atoms with E-state index in [0.717, 1.165) is 18.2 Å². The number of aromatic nitrogens is 3. The lowest BCUT2D eigenvalue weighted by molar-refractivity contribution is 0.176. The molecule has 0 bridgehead atoms. The molecule has 4 heterocycles. The molecule has 5 rings (SSSR count). The van der Waals surface area contributed by atoms with E-state index >= 15 is 0 Å². The highest BCUT2D eigenvalue weighted by molar-refractivity contribution is 5.93. The van der Waals surface area contributed by atoms with Crippen LogP contribution in [0.25, 0.3) is 5.65 Å². The monoisotopic (exact) mass is 430 g/mol. The molecule has 0 saturated carbocycles. The number of carbonyl (C=O) groups is 1. The van der Waals surface area contributed by atoms with Gasteiger partial charge in [0.25, 0.3) is 0 Å². The Balaban J connectivity index is 1.47. The molecule has 2 aliphatic heterocycles. The Kier molecular flexibility index (Phi) is 4.36. The van der Waals surface area contributed by atoms with Crippen molar-refractivity contribution in [3.05, 3.63) is 53.9 Å². The number of β-amino-alcohol motifs (C(OH)–C–C–N with tert-alkyl or cyclic N) is 1. The van der Waals surface area contributed by atoms with Gasteiger partial charge >= 0.3 is 6.03 Å². The fourth-order valence-corrected chi connectivity index (χ4v) is 4.06. The van der Waals surface area contributed by atoms with Gasteiger partial charge in [-0.3, -0.25) is 0 Å². The number of halogens is 2. The van der Waals surface area contributed by atoms with Crippen LogP contribution in [0.4, 0.5) is 25.1 Å². The van der Waals surface area contributed by atoms with E-state index in [9.17, 15) is 18.7 Å². The van der Waals surface area contributed by atoms with Gasteiger partial charge in [0.15, 0.2) is 5.65 Å². The van der Waals surface area contributed by atoms with Crippen LogP contribution in [-0.2, 0) is 0 Å². The summed E-state index contributed by atoms with van der Waals surface area (Å²) in [5, 5.41) is 16.6. The minimum atomic E-state index is -1.63. The maximum absolute atomic E-state index is 14.5. The molecule has 2 amide bonds. The summed E-state index contributed by atoms with van der Waals surface area (Å²) < 4.78 is 46.3. The van der Waals surface area contributed by atoms with Gasteiger partial charge in [-0.15, -0.1) is 0 Å². The molecule has 31 heavy (non-hydrogen) atoms. The van der Waals surface area contributed by atoms with E-state index < -0.39 is 30.2 Å². The predicted octanol–water partition coefficient (Wildman–Crippen LogP) is 2.95. The molecule has 2 aliphatic rings. The van der Waals surface area contributed by atoms with Crippen molar-refractivity contribution in [3.63, 3.8) is 0 Å². The molecular weight excluding hydrogens is 406 g/mol. The van der Waals surface area contributed by atoms with Gasteiger partial charge in [-0.05, 0) is 43.5 Å². The van der Waals surface area contributed by atoms with Gasteiger partial charge in [0, 0.05) is 34.1 Å². The molecule has 2 N–H and O–H groups in total. The number of rotatable bonds is 3. The second-order valence-corrected chi connectivity index (χ2v) is 7.69. The molecule has 0 unspecified atom stereocenters. The van der Waals surface area contributed by atoms with Crippen LogP contribution < -0.4 is 10.2 Å². The zero-order valence-electron chi connectivity index (χ0n) is 18.5. The molecule has 2 fully saturated rings. The summed E-state index contributed by atoms with van der Waals surface area (Å²) >= 11 is 0. The van der Waals surface area contributed by atoms with E-state index in [-0.39, 0.29) is 31.1 Å². The standard InChI is InChI=1S/C21H22F2N6O2/c22-13-3-4-16(23)15(10-13)18-2-1-7-28(18)19-6-9-29-20(26-19)17(11-24-29)25-21(31)27-8-5-14(30)12-27/h3-4,6,9-11,14,18,30H,1-2,5,7-8,12H2,(H,25,31)/t14-,18+/m0/s1/i1D2. The van der Waals surface area contributed by atoms with Crippen LogP contribution in [0.3, 0.4) is 0 Å². The van der Waals surface area contributed by atoms with E-state index in [2.05, 4.69) is 15.4 Å². The molecule has 1 aromatic carbocycles. The number of aliphatic hydroxyl groups excluding tert-OH is 1. The van der Waals surface area contributed by atoms with Crippen molar-refractivity contribution in [3.8, 4) is 0 Å². The molecule has 2 aromatic heterocycles. The van der Waals surface area contributed by atoms with E-state index in [4.69, 9.17) is 2.74 Å². The Bertz CT molecular complexity index is 1220. The fourth-order valence-electron chi connectivity index (χ4n) is 4.06. The Labute approximate surface area is 179 Å². The molecule has 2 atom stereocenters. The van der Waals surface area contributed by atoms with Crippen LogP contribution >= 0.6 is 0 Å². The van der Waals surface area contributed by atoms with E-state index in [0.29, 0.717) is 30.1 Å². The molecule has 162 valence electrons. The Morgan fingerprint density at radius 1 is 1.26 bits per heavy atom. The summed E-state index contributed by atoms with van der Waals surface area (Å²) in [4.78, 5) is 20.2. The second kappa shape index (κ2) is 7.77. The molecule has 2 saturated heterocycles. The molecule has 3 aromatic rings. The highest BCUT2D eigenvalue weighted by atomic mass is 19.1. The fraction of sp³-hybridized carbons (Fsp3) is 0.381. The summed E-state index contributed by atoms with van der Waals surface area (Å²) in [6.45, 7) is 0.625. The van der Waals surface area contributed by atoms with Gasteiger partial charge in [0.1, 0.15) is 23.1 Å². The Hall–Kier alpha value is -3.27. The maximum atomic E-state index is 14.5. The molecule has 0 radical (unpaired) electrons. The summed E-state index contributed by atoms with van der Waals surface area (Å²) in [6.07, 6.45) is 1.36. The molecule has 8 nitrogen and oxygen atoms in total. The van der Waals surface area contributed by atoms with Gasteiger partial charge < -0.3 is 20.2 Å². The molecule has 0 spiro atoms. The number of amides is 2. The van der Waals surface area contributed by atoms with E-state index in [1.54, 1.807) is 17.2 Å². The van der Waals surface area contributed by atoms with Crippen molar-refractivity contribution in [1.82, 2.24) is 19.5 Å². The number of likely N-dealkylation sites (tertiary alicyclic amines) is 1. The van der Waals surface area contributed by atoms with Gasteiger partial charge in [-0.2, -0.15) is 5.10 Å². The predicted molar refractivity (Wildman–Crippen MR) is 110 cm³/mol. The highest BCUT2D eigenvalue weighted by Crippen LogP contribution is 2.37. The number of hydrogen-bond acceptors (Lipinski definition) is 5. The van der Waals surface area contributed by atoms with Gasteiger partial charge in [0.05, 0.1) is 18.3 Å². The van der Waals surface area contributed by atoms with Gasteiger partial charge in [0.2, 0.25) is 0 Å². The van der Waals surface area contributed by atoms with E-state index in [1.165, 1.54) is 15.6 Å². The van der Waals surface area contributed by atoms with Crippen LogP contribution in [0.1, 0.15) is 33.6 Å². The lowest BCUT2D eigenvalue weighted by atomic mass is 10.0. The topological polar surface area (TPSA) is 86.0 Å². The minimum Gasteiger partial charge on any atom is -0.391 e. The van der Waals surface area contributed by atoms with Crippen LogP contribution in [0.5, 0.6) is 0 Å². The summed E-state index contributed by atoms with van der Waals surface area (Å²) in [5.41, 5.74) is 0.734.